The number of aryl methyl sites for hydroxylation is 1. The van der Waals surface area contributed by atoms with Gasteiger partial charge < -0.3 is 19.4 Å². The van der Waals surface area contributed by atoms with Gasteiger partial charge in [-0.1, -0.05) is 30.3 Å². The van der Waals surface area contributed by atoms with Crippen LogP contribution in [0, 0.1) is 0 Å². The third kappa shape index (κ3) is 3.59. The van der Waals surface area contributed by atoms with Crippen molar-refractivity contribution >= 4 is 27.8 Å². The van der Waals surface area contributed by atoms with Gasteiger partial charge in [0.15, 0.2) is 0 Å². The molecule has 7 heteroatoms. The number of carbonyl (C=O) groups excluding carboxylic acids is 1. The van der Waals surface area contributed by atoms with E-state index >= 15 is 0 Å². The number of H-pyrrole nitrogens is 1. The number of rotatable bonds is 5. The smallest absolute Gasteiger partial charge is 0.306 e. The van der Waals surface area contributed by atoms with Gasteiger partial charge in [-0.25, -0.2) is 0 Å². The summed E-state index contributed by atoms with van der Waals surface area (Å²) in [6.45, 7) is 1.85. The summed E-state index contributed by atoms with van der Waals surface area (Å²) >= 11 is 0. The molecule has 0 amide bonds. The SMILES string of the molecule is CCOC(=O)C[C@H](c1c(O)c2ccccc2[nH]c1=O)c1cc2ccccc2n(C)c1=O. The van der Waals surface area contributed by atoms with Crippen molar-refractivity contribution in [3.8, 4) is 5.75 Å². The molecule has 0 saturated carbocycles. The molecule has 0 saturated heterocycles. The monoisotopic (exact) mass is 418 g/mol. The lowest BCUT2D eigenvalue weighted by Crippen LogP contribution is -2.28. The second-order valence-electron chi connectivity index (χ2n) is 7.35. The lowest BCUT2D eigenvalue weighted by atomic mass is 9.87. The fourth-order valence-corrected chi connectivity index (χ4v) is 4.02. The summed E-state index contributed by atoms with van der Waals surface area (Å²) in [5.41, 5.74) is 0.503. The molecule has 0 spiro atoms. The predicted molar refractivity (Wildman–Crippen MR) is 119 cm³/mol. The van der Waals surface area contributed by atoms with Crippen LogP contribution in [0.4, 0.5) is 0 Å². The average Bonchev–Trinajstić information content (AvgIpc) is 2.76. The maximum absolute atomic E-state index is 13.2. The number of aromatic hydroxyl groups is 1. The van der Waals surface area contributed by atoms with Crippen LogP contribution in [0.1, 0.15) is 30.4 Å². The number of aromatic amines is 1. The van der Waals surface area contributed by atoms with Crippen molar-refractivity contribution in [2.75, 3.05) is 6.61 Å². The van der Waals surface area contributed by atoms with Crippen LogP contribution in [0.2, 0.25) is 0 Å². The second kappa shape index (κ2) is 8.10. The molecule has 1 atom stereocenters. The van der Waals surface area contributed by atoms with Crippen molar-refractivity contribution < 1.29 is 14.6 Å². The van der Waals surface area contributed by atoms with Gasteiger partial charge in [0.2, 0.25) is 0 Å². The van der Waals surface area contributed by atoms with E-state index in [0.717, 1.165) is 10.9 Å². The minimum atomic E-state index is -0.976. The number of nitrogens with one attached hydrogen (secondary N) is 1. The molecule has 2 aromatic heterocycles. The number of hydrogen-bond acceptors (Lipinski definition) is 5. The largest absolute Gasteiger partial charge is 0.507 e. The number of esters is 1. The second-order valence-corrected chi connectivity index (χ2v) is 7.35. The summed E-state index contributed by atoms with van der Waals surface area (Å²) in [6.07, 6.45) is -0.254. The van der Waals surface area contributed by atoms with Gasteiger partial charge in [0.05, 0.1) is 29.6 Å². The third-order valence-electron chi connectivity index (χ3n) is 5.49. The van der Waals surface area contributed by atoms with E-state index in [9.17, 15) is 19.5 Å². The number of pyridine rings is 2. The molecule has 31 heavy (non-hydrogen) atoms. The standard InChI is InChI=1S/C24H22N2O5/c1-3-31-20(27)13-16(17-12-14-8-4-7-11-19(14)26(2)24(17)30)21-22(28)15-9-5-6-10-18(15)25-23(21)29/h4-12,16H,3,13H2,1-2H3,(H2,25,28,29)/t16-/m0/s1. The van der Waals surface area contributed by atoms with Gasteiger partial charge in [0, 0.05) is 23.9 Å². The fraction of sp³-hybridized carbons (Fsp3) is 0.208. The molecule has 7 nitrogen and oxygen atoms in total. The molecule has 4 rings (SSSR count). The molecular weight excluding hydrogens is 396 g/mol. The molecule has 4 aromatic rings. The predicted octanol–water partition coefficient (Wildman–Crippen LogP) is 3.17. The van der Waals surface area contributed by atoms with Crippen LogP contribution < -0.4 is 11.1 Å². The van der Waals surface area contributed by atoms with Crippen LogP contribution in [0.3, 0.4) is 0 Å². The number of hydrogen-bond donors (Lipinski definition) is 2. The summed E-state index contributed by atoms with van der Waals surface area (Å²) < 4.78 is 6.58. The van der Waals surface area contributed by atoms with Gasteiger partial charge in [-0.15, -0.1) is 0 Å². The van der Waals surface area contributed by atoms with Gasteiger partial charge >= 0.3 is 5.97 Å². The number of benzene rings is 2. The third-order valence-corrected chi connectivity index (χ3v) is 5.49. The number of fused-ring (bicyclic) bond motifs is 2. The van der Waals surface area contributed by atoms with Crippen molar-refractivity contribution in [3.63, 3.8) is 0 Å². The van der Waals surface area contributed by atoms with E-state index < -0.39 is 17.4 Å². The highest BCUT2D eigenvalue weighted by molar-refractivity contribution is 5.87. The van der Waals surface area contributed by atoms with E-state index in [4.69, 9.17) is 4.74 Å². The lowest BCUT2D eigenvalue weighted by molar-refractivity contribution is -0.143. The molecule has 2 aromatic carbocycles. The van der Waals surface area contributed by atoms with Crippen LogP contribution in [-0.4, -0.2) is 27.2 Å². The number of nitrogens with zero attached hydrogens (tertiary/aromatic N) is 1. The Hall–Kier alpha value is -3.87. The summed E-state index contributed by atoms with van der Waals surface area (Å²) in [4.78, 5) is 41.4. The Kier molecular flexibility index (Phi) is 5.33. The topological polar surface area (TPSA) is 101 Å². The van der Waals surface area contributed by atoms with E-state index in [1.165, 1.54) is 4.57 Å². The van der Waals surface area contributed by atoms with Crippen LogP contribution in [0.5, 0.6) is 5.75 Å². The van der Waals surface area contributed by atoms with Crippen LogP contribution >= 0.6 is 0 Å². The number of aromatic nitrogens is 2. The lowest BCUT2D eigenvalue weighted by Gasteiger charge is -2.19. The fourth-order valence-electron chi connectivity index (χ4n) is 4.02. The van der Waals surface area contributed by atoms with Gasteiger partial charge in [-0.05, 0) is 36.6 Å². The summed E-state index contributed by atoms with van der Waals surface area (Å²) in [5, 5.41) is 12.2. The summed E-state index contributed by atoms with van der Waals surface area (Å²) in [7, 11) is 1.64. The van der Waals surface area contributed by atoms with E-state index in [-0.39, 0.29) is 35.5 Å². The van der Waals surface area contributed by atoms with E-state index in [1.54, 1.807) is 44.3 Å². The van der Waals surface area contributed by atoms with Crippen LogP contribution in [-0.2, 0) is 16.6 Å². The van der Waals surface area contributed by atoms with Gasteiger partial charge in [0.1, 0.15) is 5.75 Å². The number of carbonyl (C=O) groups is 1. The molecular formula is C24H22N2O5. The molecule has 0 aliphatic carbocycles. The van der Waals surface area contributed by atoms with Crippen molar-refractivity contribution in [1.82, 2.24) is 9.55 Å². The summed E-state index contributed by atoms with van der Waals surface area (Å²) in [5.74, 6) is -1.78. The van der Waals surface area contributed by atoms with Crippen LogP contribution in [0.25, 0.3) is 21.8 Å². The molecule has 2 N–H and O–H groups in total. The number of para-hydroxylation sites is 2. The maximum atomic E-state index is 13.2. The van der Waals surface area contributed by atoms with Crippen molar-refractivity contribution in [2.45, 2.75) is 19.3 Å². The van der Waals surface area contributed by atoms with Crippen molar-refractivity contribution in [3.05, 3.63) is 86.4 Å². The zero-order valence-electron chi connectivity index (χ0n) is 17.2. The Balaban J connectivity index is 2.02. The maximum Gasteiger partial charge on any atom is 0.306 e. The summed E-state index contributed by atoms with van der Waals surface area (Å²) in [6, 6.07) is 15.8. The Morgan fingerprint density at radius 2 is 1.84 bits per heavy atom. The Labute approximate surface area is 177 Å². The zero-order valence-corrected chi connectivity index (χ0v) is 17.2. The highest BCUT2D eigenvalue weighted by Crippen LogP contribution is 2.35. The molecule has 0 fully saturated rings. The molecule has 0 unspecified atom stereocenters. The molecule has 2 heterocycles. The number of ether oxygens (including phenoxy) is 1. The molecule has 0 aliphatic heterocycles. The quantitative estimate of drug-likeness (QED) is 0.485. The minimum Gasteiger partial charge on any atom is -0.507 e. The minimum absolute atomic E-state index is 0.0286. The highest BCUT2D eigenvalue weighted by atomic mass is 16.5. The molecule has 0 aliphatic rings. The van der Waals surface area contributed by atoms with E-state index in [1.807, 2.05) is 24.3 Å². The average molecular weight is 418 g/mol. The normalized spacial score (nSPS) is 12.2. The molecule has 0 bridgehead atoms. The first-order valence-electron chi connectivity index (χ1n) is 10.0. The Morgan fingerprint density at radius 3 is 2.61 bits per heavy atom. The Bertz CT molecular complexity index is 1420. The zero-order chi connectivity index (χ0) is 22.1. The van der Waals surface area contributed by atoms with Gasteiger partial charge in [-0.3, -0.25) is 14.4 Å². The Morgan fingerprint density at radius 1 is 1.13 bits per heavy atom. The molecule has 158 valence electrons. The first-order valence-corrected chi connectivity index (χ1v) is 10.0. The van der Waals surface area contributed by atoms with Crippen LogP contribution in [0.15, 0.2) is 64.2 Å². The van der Waals surface area contributed by atoms with Crippen molar-refractivity contribution in [2.24, 2.45) is 7.05 Å². The van der Waals surface area contributed by atoms with Gasteiger partial charge in [-0.2, -0.15) is 0 Å². The van der Waals surface area contributed by atoms with E-state index in [2.05, 4.69) is 4.98 Å². The molecule has 0 radical (unpaired) electrons. The highest BCUT2D eigenvalue weighted by Gasteiger charge is 2.29. The van der Waals surface area contributed by atoms with Gasteiger partial charge in [0.25, 0.3) is 11.1 Å². The first-order chi connectivity index (χ1) is 14.9. The first kappa shape index (κ1) is 20.4. The van der Waals surface area contributed by atoms with E-state index in [0.29, 0.717) is 10.9 Å². The van der Waals surface area contributed by atoms with Crippen molar-refractivity contribution in [1.29, 1.82) is 0 Å².